The molecule has 0 aliphatic rings. The number of nitrogens with zero attached hydrogens (tertiary/aromatic N) is 1. The van der Waals surface area contributed by atoms with Crippen molar-refractivity contribution >= 4 is 5.91 Å². The zero-order chi connectivity index (χ0) is 15.3. The molecule has 0 unspecified atom stereocenters. The molecule has 0 saturated heterocycles. The van der Waals surface area contributed by atoms with Gasteiger partial charge < -0.3 is 10.6 Å². The highest BCUT2D eigenvalue weighted by molar-refractivity contribution is 5.96. The monoisotopic (exact) mass is 276 g/mol. The molecule has 0 radical (unpaired) electrons. The van der Waals surface area contributed by atoms with E-state index in [0.717, 1.165) is 0 Å². The van der Waals surface area contributed by atoms with Gasteiger partial charge in [0, 0.05) is 19.2 Å². The fourth-order valence-corrected chi connectivity index (χ4v) is 1.94. The molecule has 0 spiro atoms. The molecule has 0 aliphatic carbocycles. The van der Waals surface area contributed by atoms with Gasteiger partial charge in [0.05, 0.1) is 12.1 Å². The number of hydrogen-bond donors (Lipinski definition) is 1. The van der Waals surface area contributed by atoms with Crippen LogP contribution in [0.3, 0.4) is 0 Å². The summed E-state index contributed by atoms with van der Waals surface area (Å²) in [5.41, 5.74) is 6.09. The maximum atomic E-state index is 13.3. The van der Waals surface area contributed by atoms with Gasteiger partial charge in [-0.15, -0.1) is 0 Å². The van der Waals surface area contributed by atoms with Gasteiger partial charge in [-0.25, -0.2) is 4.39 Å². The summed E-state index contributed by atoms with van der Waals surface area (Å²) in [6.45, 7) is 6.93. The number of halogens is 1. The van der Waals surface area contributed by atoms with E-state index in [4.69, 9.17) is 5.73 Å². The van der Waals surface area contributed by atoms with Gasteiger partial charge >= 0.3 is 0 Å². The van der Waals surface area contributed by atoms with Crippen LogP contribution in [0.1, 0.15) is 36.7 Å². The molecule has 1 amide bonds. The zero-order valence-corrected chi connectivity index (χ0v) is 12.5. The molecule has 0 bridgehead atoms. The van der Waals surface area contributed by atoms with E-state index in [1.165, 1.54) is 18.2 Å². The Balaban J connectivity index is 3.09. The lowest BCUT2D eigenvalue weighted by Crippen LogP contribution is -2.34. The molecule has 0 atom stereocenters. The molecule has 0 aliphatic heterocycles. The van der Waals surface area contributed by atoms with E-state index in [0.29, 0.717) is 17.7 Å². The summed E-state index contributed by atoms with van der Waals surface area (Å²) in [5.74, 6) is 4.82. The molecule has 3 nitrogen and oxygen atoms in total. The van der Waals surface area contributed by atoms with Crippen molar-refractivity contribution in [2.24, 2.45) is 11.1 Å². The van der Waals surface area contributed by atoms with Gasteiger partial charge in [0.1, 0.15) is 5.82 Å². The topological polar surface area (TPSA) is 46.3 Å². The van der Waals surface area contributed by atoms with Gasteiger partial charge in [-0.1, -0.05) is 32.6 Å². The molecule has 0 aromatic heterocycles. The van der Waals surface area contributed by atoms with E-state index < -0.39 is 5.82 Å². The molecular formula is C16H21FN2O. The van der Waals surface area contributed by atoms with Crippen molar-refractivity contribution in [2.75, 3.05) is 20.1 Å². The number of rotatable bonds is 2. The minimum atomic E-state index is -0.415. The SMILES string of the molecule is CN(CC(C)(C)C)C(=O)c1ccc(F)cc1C#CCN. The fourth-order valence-electron chi connectivity index (χ4n) is 1.94. The molecule has 1 rings (SSSR count). The zero-order valence-electron chi connectivity index (χ0n) is 12.5. The maximum Gasteiger partial charge on any atom is 0.254 e. The van der Waals surface area contributed by atoms with Crippen molar-refractivity contribution in [1.29, 1.82) is 0 Å². The van der Waals surface area contributed by atoms with Gasteiger partial charge in [-0.3, -0.25) is 4.79 Å². The van der Waals surface area contributed by atoms with Crippen molar-refractivity contribution in [3.05, 3.63) is 35.1 Å². The molecular weight excluding hydrogens is 255 g/mol. The van der Waals surface area contributed by atoms with Crippen LogP contribution in [0.25, 0.3) is 0 Å². The Hall–Kier alpha value is -1.86. The summed E-state index contributed by atoms with van der Waals surface area (Å²) >= 11 is 0. The summed E-state index contributed by atoms with van der Waals surface area (Å²) in [7, 11) is 1.73. The van der Waals surface area contributed by atoms with Crippen LogP contribution in [0.2, 0.25) is 0 Å². The lowest BCUT2D eigenvalue weighted by atomic mass is 9.95. The highest BCUT2D eigenvalue weighted by atomic mass is 19.1. The Kier molecular flexibility index (Phi) is 5.29. The molecule has 0 saturated carbocycles. The average Bonchev–Trinajstić information content (AvgIpc) is 2.33. The van der Waals surface area contributed by atoms with Crippen LogP contribution in [0, 0.1) is 23.1 Å². The molecule has 1 aromatic rings. The summed E-state index contributed by atoms with van der Waals surface area (Å²) in [5, 5.41) is 0. The molecule has 2 N–H and O–H groups in total. The lowest BCUT2D eigenvalue weighted by Gasteiger charge is -2.27. The summed E-state index contributed by atoms with van der Waals surface area (Å²) < 4.78 is 13.3. The molecule has 0 heterocycles. The highest BCUT2D eigenvalue weighted by Crippen LogP contribution is 2.18. The second-order valence-corrected chi connectivity index (χ2v) is 5.92. The summed E-state index contributed by atoms with van der Waals surface area (Å²) in [4.78, 5) is 14.0. The van der Waals surface area contributed by atoms with Crippen LogP contribution in [-0.4, -0.2) is 30.9 Å². The normalized spacial score (nSPS) is 10.7. The van der Waals surface area contributed by atoms with Gasteiger partial charge in [-0.2, -0.15) is 0 Å². The number of carbonyl (C=O) groups is 1. The second kappa shape index (κ2) is 6.53. The van der Waals surface area contributed by atoms with Crippen LogP contribution in [0.15, 0.2) is 18.2 Å². The number of hydrogen-bond acceptors (Lipinski definition) is 2. The third-order valence-corrected chi connectivity index (χ3v) is 2.60. The van der Waals surface area contributed by atoms with Gasteiger partial charge in [-0.05, 0) is 23.6 Å². The second-order valence-electron chi connectivity index (χ2n) is 5.92. The first-order valence-electron chi connectivity index (χ1n) is 6.48. The standard InChI is InChI=1S/C16H21FN2O/c1-16(2,3)11-19(4)15(20)14-8-7-13(17)10-12(14)6-5-9-18/h7-8,10H,9,11,18H2,1-4H3. The predicted molar refractivity (Wildman–Crippen MR) is 78.7 cm³/mol. The van der Waals surface area contributed by atoms with E-state index in [1.807, 2.05) is 0 Å². The number of nitrogens with two attached hydrogens (primary N) is 1. The van der Waals surface area contributed by atoms with Crippen molar-refractivity contribution in [1.82, 2.24) is 4.90 Å². The van der Waals surface area contributed by atoms with Gasteiger partial charge in [0.15, 0.2) is 0 Å². The Morgan fingerprint density at radius 3 is 2.60 bits per heavy atom. The summed E-state index contributed by atoms with van der Waals surface area (Å²) in [6, 6.07) is 4.00. The van der Waals surface area contributed by atoms with Crippen LogP contribution >= 0.6 is 0 Å². The molecule has 20 heavy (non-hydrogen) atoms. The Bertz CT molecular complexity index is 550. The van der Waals surface area contributed by atoms with E-state index in [9.17, 15) is 9.18 Å². The van der Waals surface area contributed by atoms with Crippen LogP contribution in [0.4, 0.5) is 4.39 Å². The van der Waals surface area contributed by atoms with Crippen molar-refractivity contribution in [2.45, 2.75) is 20.8 Å². The number of amides is 1. The third-order valence-electron chi connectivity index (χ3n) is 2.60. The molecule has 0 fully saturated rings. The first-order valence-corrected chi connectivity index (χ1v) is 6.48. The molecule has 4 heteroatoms. The average molecular weight is 276 g/mol. The molecule has 1 aromatic carbocycles. The summed E-state index contributed by atoms with van der Waals surface area (Å²) in [6.07, 6.45) is 0. The van der Waals surface area contributed by atoms with Crippen LogP contribution in [-0.2, 0) is 0 Å². The lowest BCUT2D eigenvalue weighted by molar-refractivity contribution is 0.0745. The predicted octanol–water partition coefficient (Wildman–Crippen LogP) is 2.25. The first-order chi connectivity index (χ1) is 9.24. The van der Waals surface area contributed by atoms with E-state index in [-0.39, 0.29) is 17.9 Å². The first kappa shape index (κ1) is 16.2. The van der Waals surface area contributed by atoms with E-state index in [1.54, 1.807) is 11.9 Å². The minimum Gasteiger partial charge on any atom is -0.341 e. The fraction of sp³-hybridized carbons (Fsp3) is 0.438. The molecule has 108 valence electrons. The number of benzene rings is 1. The van der Waals surface area contributed by atoms with Gasteiger partial charge in [0.25, 0.3) is 5.91 Å². The van der Waals surface area contributed by atoms with Crippen molar-refractivity contribution in [3.63, 3.8) is 0 Å². The maximum absolute atomic E-state index is 13.3. The van der Waals surface area contributed by atoms with Gasteiger partial charge in [0.2, 0.25) is 0 Å². The number of carbonyl (C=O) groups excluding carboxylic acids is 1. The minimum absolute atomic E-state index is 0.00641. The Labute approximate surface area is 120 Å². The Morgan fingerprint density at radius 1 is 1.40 bits per heavy atom. The smallest absolute Gasteiger partial charge is 0.254 e. The van der Waals surface area contributed by atoms with Crippen molar-refractivity contribution < 1.29 is 9.18 Å². The van der Waals surface area contributed by atoms with Crippen LogP contribution < -0.4 is 5.73 Å². The Morgan fingerprint density at radius 2 is 2.05 bits per heavy atom. The van der Waals surface area contributed by atoms with E-state index >= 15 is 0 Å². The van der Waals surface area contributed by atoms with E-state index in [2.05, 4.69) is 32.6 Å². The largest absolute Gasteiger partial charge is 0.341 e. The van der Waals surface area contributed by atoms with Crippen LogP contribution in [0.5, 0.6) is 0 Å². The highest BCUT2D eigenvalue weighted by Gasteiger charge is 2.20. The quantitative estimate of drug-likeness (QED) is 0.842. The third kappa shape index (κ3) is 4.67. The van der Waals surface area contributed by atoms with Crippen molar-refractivity contribution in [3.8, 4) is 11.8 Å².